The van der Waals surface area contributed by atoms with E-state index in [2.05, 4.69) is 5.32 Å². The van der Waals surface area contributed by atoms with Crippen molar-refractivity contribution in [2.45, 2.75) is 31.8 Å². The first-order valence-corrected chi connectivity index (χ1v) is 6.41. The molecule has 0 radical (unpaired) electrons. The van der Waals surface area contributed by atoms with Crippen molar-refractivity contribution in [1.82, 2.24) is 5.32 Å². The van der Waals surface area contributed by atoms with Crippen LogP contribution in [0, 0.1) is 11.8 Å². The van der Waals surface area contributed by atoms with Gasteiger partial charge in [0.2, 0.25) is 11.8 Å². The minimum absolute atomic E-state index is 0.439. The molecule has 0 saturated carbocycles. The zero-order valence-corrected chi connectivity index (χ0v) is 11.3. The number of nitrogens with one attached hydrogen (secondary N) is 1. The third-order valence-corrected chi connectivity index (χ3v) is 3.83. The molecular formula is C13H13NO7. The molecule has 2 amide bonds. The van der Waals surface area contributed by atoms with Crippen LogP contribution in [0.2, 0.25) is 0 Å². The minimum atomic E-state index is -1.46. The van der Waals surface area contributed by atoms with Crippen LogP contribution in [-0.2, 0) is 33.4 Å². The van der Waals surface area contributed by atoms with E-state index in [1.807, 2.05) is 0 Å². The molecule has 3 heterocycles. The van der Waals surface area contributed by atoms with Crippen molar-refractivity contribution in [2.24, 2.45) is 11.8 Å². The smallest absolute Gasteiger partial charge is 0.305 e. The number of fused-ring (bicyclic) bond motifs is 5. The van der Waals surface area contributed by atoms with Gasteiger partial charge in [-0.25, -0.2) is 0 Å². The molecule has 0 aliphatic carbocycles. The van der Waals surface area contributed by atoms with E-state index in [9.17, 15) is 19.2 Å². The number of carbonyl (C=O) groups is 4. The van der Waals surface area contributed by atoms with E-state index >= 15 is 0 Å². The normalized spacial score (nSPS) is 35.9. The van der Waals surface area contributed by atoms with Gasteiger partial charge in [0.05, 0.1) is 17.9 Å². The minimum Gasteiger partial charge on any atom is -0.422 e. The molecule has 2 fully saturated rings. The molecule has 21 heavy (non-hydrogen) atoms. The van der Waals surface area contributed by atoms with E-state index < -0.39 is 53.6 Å². The summed E-state index contributed by atoms with van der Waals surface area (Å²) in [7, 11) is 0. The van der Waals surface area contributed by atoms with Gasteiger partial charge >= 0.3 is 11.9 Å². The van der Waals surface area contributed by atoms with Crippen LogP contribution >= 0.6 is 0 Å². The summed E-state index contributed by atoms with van der Waals surface area (Å²) < 4.78 is 15.7. The molecular weight excluding hydrogens is 282 g/mol. The van der Waals surface area contributed by atoms with Crippen LogP contribution < -0.4 is 5.32 Å². The van der Waals surface area contributed by atoms with Crippen LogP contribution in [0.3, 0.4) is 0 Å². The van der Waals surface area contributed by atoms with E-state index in [0.29, 0.717) is 0 Å². The lowest BCUT2D eigenvalue weighted by molar-refractivity contribution is -0.226. The molecule has 112 valence electrons. The molecule has 3 aliphatic heterocycles. The molecule has 4 atom stereocenters. The predicted molar refractivity (Wildman–Crippen MR) is 64.2 cm³/mol. The average Bonchev–Trinajstić information content (AvgIpc) is 3.00. The van der Waals surface area contributed by atoms with Crippen molar-refractivity contribution in [3.05, 3.63) is 12.2 Å². The first-order chi connectivity index (χ1) is 9.85. The largest absolute Gasteiger partial charge is 0.422 e. The summed E-state index contributed by atoms with van der Waals surface area (Å²) in [5.74, 6) is -3.93. The number of amides is 2. The first kappa shape index (κ1) is 13.7. The molecule has 3 aliphatic rings. The van der Waals surface area contributed by atoms with Gasteiger partial charge in [-0.05, 0) is 6.08 Å². The fraction of sp³-hybridized carbons (Fsp3) is 0.538. The highest BCUT2D eigenvalue weighted by Crippen LogP contribution is 2.52. The van der Waals surface area contributed by atoms with Gasteiger partial charge in [0, 0.05) is 13.8 Å². The van der Waals surface area contributed by atoms with Gasteiger partial charge in [-0.15, -0.1) is 0 Å². The average molecular weight is 295 g/mol. The quantitative estimate of drug-likeness (QED) is 0.309. The zero-order valence-electron chi connectivity index (χ0n) is 11.3. The lowest BCUT2D eigenvalue weighted by Crippen LogP contribution is -2.52. The van der Waals surface area contributed by atoms with Crippen molar-refractivity contribution in [3.63, 3.8) is 0 Å². The Labute approximate surface area is 119 Å². The van der Waals surface area contributed by atoms with E-state index in [-0.39, 0.29) is 0 Å². The van der Waals surface area contributed by atoms with Gasteiger partial charge in [-0.2, -0.15) is 0 Å². The highest BCUT2D eigenvalue weighted by atomic mass is 16.7. The summed E-state index contributed by atoms with van der Waals surface area (Å²) in [6.45, 7) is 2.30. The summed E-state index contributed by atoms with van der Waals surface area (Å²) in [5.41, 5.74) is -1.46. The standard InChI is InChI=1S/C13H13NO7/c1-5(15)19-12(20-6(2)16)13-4-3-7(21-13)8-9(13)11(18)14-10(8)17/h3-4,7-9,12H,1-2H3,(H,14,17,18)/t7-,8+,9+,13-/m1/s1. The Kier molecular flexibility index (Phi) is 2.87. The second-order valence-electron chi connectivity index (χ2n) is 5.20. The van der Waals surface area contributed by atoms with E-state index in [4.69, 9.17) is 14.2 Å². The molecule has 2 bridgehead atoms. The summed E-state index contributed by atoms with van der Waals surface area (Å²) in [6.07, 6.45) is 1.11. The van der Waals surface area contributed by atoms with Crippen LogP contribution in [0.1, 0.15) is 13.8 Å². The van der Waals surface area contributed by atoms with Crippen LogP contribution in [0.25, 0.3) is 0 Å². The second kappa shape index (κ2) is 4.39. The number of ether oxygens (including phenoxy) is 3. The second-order valence-corrected chi connectivity index (χ2v) is 5.20. The summed E-state index contributed by atoms with van der Waals surface area (Å²) in [6, 6.07) is 0. The lowest BCUT2D eigenvalue weighted by atomic mass is 9.76. The molecule has 3 rings (SSSR count). The van der Waals surface area contributed by atoms with Gasteiger partial charge < -0.3 is 14.2 Å². The summed E-state index contributed by atoms with van der Waals surface area (Å²) in [4.78, 5) is 46.3. The maximum atomic E-state index is 12.0. The zero-order chi connectivity index (χ0) is 15.4. The Balaban J connectivity index is 1.99. The Bertz CT molecular complexity index is 567. The molecule has 0 spiro atoms. The van der Waals surface area contributed by atoms with Gasteiger partial charge in [0.15, 0.2) is 5.60 Å². The van der Waals surface area contributed by atoms with E-state index in [1.54, 1.807) is 6.08 Å². The number of hydrogen-bond donors (Lipinski definition) is 1. The highest BCUT2D eigenvalue weighted by molar-refractivity contribution is 6.07. The maximum absolute atomic E-state index is 12.0. The molecule has 2 saturated heterocycles. The highest BCUT2D eigenvalue weighted by Gasteiger charge is 2.70. The van der Waals surface area contributed by atoms with Crippen molar-refractivity contribution in [2.75, 3.05) is 0 Å². The molecule has 8 heteroatoms. The number of rotatable bonds is 3. The molecule has 0 unspecified atom stereocenters. The van der Waals surface area contributed by atoms with Crippen LogP contribution in [0.15, 0.2) is 12.2 Å². The third-order valence-electron chi connectivity index (χ3n) is 3.83. The van der Waals surface area contributed by atoms with Gasteiger partial charge in [-0.1, -0.05) is 6.08 Å². The van der Waals surface area contributed by atoms with Gasteiger partial charge in [0.1, 0.15) is 0 Å². The SMILES string of the molecule is CC(=O)OC(OC(C)=O)[C@]12C=C[C@@H](O1)[C@@H]1C(=O)NC(=O)[C@H]12. The molecule has 0 aromatic heterocycles. The first-order valence-electron chi connectivity index (χ1n) is 6.41. The number of esters is 2. The van der Waals surface area contributed by atoms with E-state index in [0.717, 1.165) is 13.8 Å². The number of hydrogen-bond acceptors (Lipinski definition) is 7. The van der Waals surface area contributed by atoms with Crippen molar-refractivity contribution in [3.8, 4) is 0 Å². The monoisotopic (exact) mass is 295 g/mol. The number of carbonyl (C=O) groups excluding carboxylic acids is 4. The molecule has 0 aromatic rings. The lowest BCUT2D eigenvalue weighted by Gasteiger charge is -2.34. The van der Waals surface area contributed by atoms with Crippen LogP contribution in [-0.4, -0.2) is 41.7 Å². The fourth-order valence-corrected chi connectivity index (χ4v) is 3.14. The van der Waals surface area contributed by atoms with Gasteiger partial charge in [-0.3, -0.25) is 24.5 Å². The topological polar surface area (TPSA) is 108 Å². The van der Waals surface area contributed by atoms with Gasteiger partial charge in [0.25, 0.3) is 6.29 Å². The van der Waals surface area contributed by atoms with Crippen LogP contribution in [0.5, 0.6) is 0 Å². The Hall–Kier alpha value is -2.22. The summed E-state index contributed by atoms with van der Waals surface area (Å²) >= 11 is 0. The predicted octanol–water partition coefficient (Wildman–Crippen LogP) is -0.965. The van der Waals surface area contributed by atoms with Crippen LogP contribution in [0.4, 0.5) is 0 Å². The molecule has 0 aromatic carbocycles. The Morgan fingerprint density at radius 1 is 1.24 bits per heavy atom. The fourth-order valence-electron chi connectivity index (χ4n) is 3.14. The third kappa shape index (κ3) is 1.86. The summed E-state index contributed by atoms with van der Waals surface area (Å²) in [5, 5.41) is 2.23. The van der Waals surface area contributed by atoms with E-state index in [1.165, 1.54) is 6.08 Å². The van der Waals surface area contributed by atoms with Crippen molar-refractivity contribution >= 4 is 23.8 Å². The molecule has 1 N–H and O–H groups in total. The van der Waals surface area contributed by atoms with Crippen molar-refractivity contribution in [1.29, 1.82) is 0 Å². The Morgan fingerprint density at radius 3 is 2.43 bits per heavy atom. The Morgan fingerprint density at radius 2 is 1.86 bits per heavy atom. The number of imide groups is 1. The van der Waals surface area contributed by atoms with Crippen molar-refractivity contribution < 1.29 is 33.4 Å². The maximum Gasteiger partial charge on any atom is 0.305 e. The molecule has 8 nitrogen and oxygen atoms in total.